The van der Waals surface area contributed by atoms with Crippen LogP contribution in [0.1, 0.15) is 12.0 Å². The molecule has 8 heteroatoms. The van der Waals surface area contributed by atoms with Gasteiger partial charge in [0.05, 0.1) is 16.4 Å². The first kappa shape index (κ1) is 15.0. The van der Waals surface area contributed by atoms with Crippen molar-refractivity contribution in [3.8, 4) is 0 Å². The van der Waals surface area contributed by atoms with Gasteiger partial charge in [-0.2, -0.15) is 0 Å². The lowest BCUT2D eigenvalue weighted by Gasteiger charge is -2.12. The molecule has 0 bridgehead atoms. The Hall–Kier alpha value is -0.440. The van der Waals surface area contributed by atoms with Crippen molar-refractivity contribution >= 4 is 35.8 Å². The molecule has 0 saturated carbocycles. The number of rotatable bonds is 3. The largest absolute Gasteiger partial charge is 0.240 e. The van der Waals surface area contributed by atoms with Crippen LogP contribution in [0.15, 0.2) is 27.6 Å². The number of sulfone groups is 1. The van der Waals surface area contributed by atoms with Gasteiger partial charge in [0.2, 0.25) is 10.0 Å². The molecule has 1 saturated heterocycles. The van der Waals surface area contributed by atoms with Gasteiger partial charge < -0.3 is 0 Å². The van der Waals surface area contributed by atoms with E-state index in [1.54, 1.807) is 19.1 Å². The number of benzene rings is 1. The first-order chi connectivity index (χ1) is 8.70. The summed E-state index contributed by atoms with van der Waals surface area (Å²) in [6, 6.07) is 4.17. The Morgan fingerprint density at radius 1 is 1.37 bits per heavy atom. The molecular formula is C11H14BrNO4S2. The summed E-state index contributed by atoms with van der Waals surface area (Å²) in [5.41, 5.74) is 0.807. The van der Waals surface area contributed by atoms with Crippen molar-refractivity contribution in [2.24, 2.45) is 0 Å². The molecular weight excluding hydrogens is 354 g/mol. The van der Waals surface area contributed by atoms with E-state index in [1.165, 1.54) is 6.07 Å². The Kier molecular flexibility index (Phi) is 4.06. The SMILES string of the molecule is Cc1cc(S(=O)(=O)NC2CCS(=O)(=O)C2)ccc1Br. The van der Waals surface area contributed by atoms with E-state index in [2.05, 4.69) is 20.7 Å². The molecule has 1 heterocycles. The summed E-state index contributed by atoms with van der Waals surface area (Å²) < 4.78 is 50.2. The van der Waals surface area contributed by atoms with E-state index in [4.69, 9.17) is 0 Å². The molecule has 0 aliphatic carbocycles. The van der Waals surface area contributed by atoms with Crippen LogP contribution >= 0.6 is 15.9 Å². The molecule has 0 radical (unpaired) electrons. The van der Waals surface area contributed by atoms with E-state index in [-0.39, 0.29) is 16.4 Å². The van der Waals surface area contributed by atoms with E-state index in [9.17, 15) is 16.8 Å². The van der Waals surface area contributed by atoms with Crippen LogP contribution in [-0.2, 0) is 19.9 Å². The molecule has 1 atom stereocenters. The fourth-order valence-corrected chi connectivity index (χ4v) is 5.34. The van der Waals surface area contributed by atoms with Gasteiger partial charge in [-0.3, -0.25) is 0 Å². The highest BCUT2D eigenvalue weighted by Crippen LogP contribution is 2.21. The van der Waals surface area contributed by atoms with Crippen molar-refractivity contribution in [1.82, 2.24) is 4.72 Å². The van der Waals surface area contributed by atoms with Crippen LogP contribution in [0.25, 0.3) is 0 Å². The van der Waals surface area contributed by atoms with Crippen LogP contribution in [0, 0.1) is 6.92 Å². The van der Waals surface area contributed by atoms with Crippen LogP contribution in [0.4, 0.5) is 0 Å². The van der Waals surface area contributed by atoms with E-state index in [0.29, 0.717) is 6.42 Å². The third kappa shape index (κ3) is 3.56. The number of halogens is 1. The summed E-state index contributed by atoms with van der Waals surface area (Å²) >= 11 is 3.30. The molecule has 1 unspecified atom stereocenters. The molecule has 0 aromatic heterocycles. The molecule has 0 amide bonds. The maximum absolute atomic E-state index is 12.1. The van der Waals surface area contributed by atoms with Crippen molar-refractivity contribution in [2.75, 3.05) is 11.5 Å². The van der Waals surface area contributed by atoms with E-state index in [0.717, 1.165) is 10.0 Å². The Morgan fingerprint density at radius 2 is 2.05 bits per heavy atom. The molecule has 1 aliphatic rings. The predicted octanol–water partition coefficient (Wildman–Crippen LogP) is 1.22. The molecule has 19 heavy (non-hydrogen) atoms. The van der Waals surface area contributed by atoms with Crippen molar-refractivity contribution in [1.29, 1.82) is 0 Å². The third-order valence-corrected chi connectivity index (χ3v) is 7.17. The van der Waals surface area contributed by atoms with Gasteiger partial charge >= 0.3 is 0 Å². The topological polar surface area (TPSA) is 80.3 Å². The summed E-state index contributed by atoms with van der Waals surface area (Å²) in [6.45, 7) is 1.79. The first-order valence-electron chi connectivity index (χ1n) is 5.68. The number of aryl methyl sites for hydroxylation is 1. The summed E-state index contributed by atoms with van der Waals surface area (Å²) in [4.78, 5) is 0.150. The van der Waals surface area contributed by atoms with Crippen molar-refractivity contribution in [3.63, 3.8) is 0 Å². The summed E-state index contributed by atoms with van der Waals surface area (Å²) in [7, 11) is -6.77. The van der Waals surface area contributed by atoms with Gasteiger partial charge in [0.25, 0.3) is 0 Å². The quantitative estimate of drug-likeness (QED) is 0.870. The fraction of sp³-hybridized carbons (Fsp3) is 0.455. The van der Waals surface area contributed by atoms with Crippen LogP contribution < -0.4 is 4.72 Å². The number of sulfonamides is 1. The molecule has 1 aromatic rings. The van der Waals surface area contributed by atoms with Crippen LogP contribution in [0.2, 0.25) is 0 Å². The summed E-state index contributed by atoms with van der Waals surface area (Å²) in [6.07, 6.45) is 0.330. The second-order valence-electron chi connectivity index (χ2n) is 4.63. The highest BCUT2D eigenvalue weighted by atomic mass is 79.9. The minimum Gasteiger partial charge on any atom is -0.229 e. The zero-order valence-corrected chi connectivity index (χ0v) is 13.5. The van der Waals surface area contributed by atoms with Gasteiger partial charge in [0.1, 0.15) is 0 Å². The molecule has 106 valence electrons. The van der Waals surface area contributed by atoms with Crippen LogP contribution in [0.3, 0.4) is 0 Å². The lowest BCUT2D eigenvalue weighted by Crippen LogP contribution is -2.35. The molecule has 2 rings (SSSR count). The molecule has 1 aromatic carbocycles. The van der Waals surface area contributed by atoms with Crippen LogP contribution in [-0.4, -0.2) is 34.4 Å². The maximum atomic E-state index is 12.1. The smallest absolute Gasteiger partial charge is 0.229 e. The van der Waals surface area contributed by atoms with E-state index >= 15 is 0 Å². The summed E-state index contributed by atoms with van der Waals surface area (Å²) in [5.74, 6) is -0.0821. The van der Waals surface area contributed by atoms with Crippen LogP contribution in [0.5, 0.6) is 0 Å². The highest BCUT2D eigenvalue weighted by molar-refractivity contribution is 9.10. The van der Waals surface area contributed by atoms with E-state index in [1.807, 2.05) is 0 Å². The van der Waals surface area contributed by atoms with Gasteiger partial charge in [-0.15, -0.1) is 0 Å². The van der Waals surface area contributed by atoms with Gasteiger partial charge in [0.15, 0.2) is 9.84 Å². The van der Waals surface area contributed by atoms with Gasteiger partial charge in [-0.25, -0.2) is 21.6 Å². The second kappa shape index (κ2) is 5.16. The van der Waals surface area contributed by atoms with E-state index < -0.39 is 25.9 Å². The average molecular weight is 368 g/mol. The van der Waals surface area contributed by atoms with Gasteiger partial charge in [-0.05, 0) is 37.1 Å². The zero-order valence-electron chi connectivity index (χ0n) is 10.3. The molecule has 1 fully saturated rings. The standard InChI is InChI=1S/C11H14BrNO4S2/c1-8-6-10(2-3-11(8)12)19(16,17)13-9-4-5-18(14,15)7-9/h2-3,6,9,13H,4-5,7H2,1H3. The predicted molar refractivity (Wildman–Crippen MR) is 76.3 cm³/mol. The molecule has 5 nitrogen and oxygen atoms in total. The Labute approximate surface area is 121 Å². The van der Waals surface area contributed by atoms with Crippen molar-refractivity contribution < 1.29 is 16.8 Å². The molecule has 1 N–H and O–H groups in total. The summed E-state index contributed by atoms with van der Waals surface area (Å²) in [5, 5.41) is 0. The maximum Gasteiger partial charge on any atom is 0.240 e. The van der Waals surface area contributed by atoms with Gasteiger partial charge in [0, 0.05) is 10.5 Å². The first-order valence-corrected chi connectivity index (χ1v) is 9.78. The monoisotopic (exact) mass is 367 g/mol. The minimum absolute atomic E-state index is 0.0412. The molecule has 1 aliphatic heterocycles. The number of hydrogen-bond donors (Lipinski definition) is 1. The lowest BCUT2D eigenvalue weighted by atomic mass is 10.2. The normalized spacial score (nSPS) is 22.5. The number of nitrogens with one attached hydrogen (secondary N) is 1. The fourth-order valence-electron chi connectivity index (χ4n) is 1.96. The molecule has 0 spiro atoms. The number of hydrogen-bond acceptors (Lipinski definition) is 4. The van der Waals surface area contributed by atoms with Gasteiger partial charge in [-0.1, -0.05) is 15.9 Å². The highest BCUT2D eigenvalue weighted by Gasteiger charge is 2.31. The third-order valence-electron chi connectivity index (χ3n) is 2.99. The Bertz CT molecular complexity index is 697. The zero-order chi connectivity index (χ0) is 14.3. The Balaban J connectivity index is 2.21. The van der Waals surface area contributed by atoms with Crippen molar-refractivity contribution in [2.45, 2.75) is 24.3 Å². The minimum atomic E-state index is -3.67. The lowest BCUT2D eigenvalue weighted by molar-refractivity contribution is 0.562. The average Bonchev–Trinajstić information content (AvgIpc) is 2.61. The second-order valence-corrected chi connectivity index (χ2v) is 9.43. The van der Waals surface area contributed by atoms with Crippen molar-refractivity contribution in [3.05, 3.63) is 28.2 Å². The Morgan fingerprint density at radius 3 is 2.58 bits per heavy atom.